The number of benzene rings is 1. The highest BCUT2D eigenvalue weighted by atomic mass is 16.6. The average molecular weight is 302 g/mol. The Hall–Kier alpha value is -3.56. The van der Waals surface area contributed by atoms with Gasteiger partial charge in [0.15, 0.2) is 11.5 Å². The van der Waals surface area contributed by atoms with E-state index in [0.29, 0.717) is 0 Å². The maximum absolute atomic E-state index is 11.8. The number of hydrazine groups is 1. The Bertz CT molecular complexity index is 748. The van der Waals surface area contributed by atoms with Gasteiger partial charge in [-0.1, -0.05) is 6.07 Å². The molecule has 0 radical (unpaired) electrons. The van der Waals surface area contributed by atoms with E-state index in [0.717, 1.165) is 6.07 Å². The van der Waals surface area contributed by atoms with Crippen LogP contribution in [-0.4, -0.2) is 26.7 Å². The molecular weight excluding hydrogens is 292 g/mol. The third kappa shape index (κ3) is 3.30. The van der Waals surface area contributed by atoms with E-state index in [9.17, 15) is 19.7 Å². The summed E-state index contributed by atoms with van der Waals surface area (Å²) in [5.41, 5.74) is 9.30. The first-order chi connectivity index (χ1) is 10.5. The lowest BCUT2D eigenvalue weighted by Gasteiger charge is -2.07. The molecule has 1 heterocycles. The summed E-state index contributed by atoms with van der Waals surface area (Å²) in [6.07, 6.45) is 2.58. The third-order valence-electron chi connectivity index (χ3n) is 2.55. The Kier molecular flexibility index (Phi) is 4.22. The number of carbonyl (C=O) groups is 2. The minimum atomic E-state index is -0.760. The van der Waals surface area contributed by atoms with Crippen LogP contribution in [0.4, 0.5) is 11.5 Å². The minimum absolute atomic E-state index is 0.0154. The largest absolute Gasteiger partial charge is 0.382 e. The van der Waals surface area contributed by atoms with E-state index in [1.807, 2.05) is 0 Å². The SMILES string of the molecule is Nc1nccnc1C(=O)NNC(=O)c1cccc([N+](=O)[O-])c1. The van der Waals surface area contributed by atoms with Gasteiger partial charge in [-0.2, -0.15) is 0 Å². The first kappa shape index (κ1) is 14.8. The van der Waals surface area contributed by atoms with Gasteiger partial charge in [0, 0.05) is 30.1 Å². The van der Waals surface area contributed by atoms with Gasteiger partial charge in [0.05, 0.1) is 4.92 Å². The van der Waals surface area contributed by atoms with Gasteiger partial charge in [-0.25, -0.2) is 9.97 Å². The molecule has 4 N–H and O–H groups in total. The zero-order chi connectivity index (χ0) is 16.1. The molecule has 2 aromatic rings. The molecular formula is C12H10N6O4. The van der Waals surface area contributed by atoms with Crippen LogP contribution in [0.25, 0.3) is 0 Å². The molecule has 10 nitrogen and oxygen atoms in total. The number of nitrogens with zero attached hydrogens (tertiary/aromatic N) is 3. The normalized spacial score (nSPS) is 9.82. The molecule has 0 unspecified atom stereocenters. The number of amides is 2. The molecule has 0 saturated heterocycles. The first-order valence-corrected chi connectivity index (χ1v) is 5.90. The van der Waals surface area contributed by atoms with Crippen molar-refractivity contribution in [1.29, 1.82) is 0 Å². The topological polar surface area (TPSA) is 153 Å². The van der Waals surface area contributed by atoms with Gasteiger partial charge in [0.2, 0.25) is 0 Å². The summed E-state index contributed by atoms with van der Waals surface area (Å²) >= 11 is 0. The van der Waals surface area contributed by atoms with Crippen molar-refractivity contribution >= 4 is 23.3 Å². The third-order valence-corrected chi connectivity index (χ3v) is 2.55. The molecule has 0 spiro atoms. The van der Waals surface area contributed by atoms with E-state index in [-0.39, 0.29) is 22.8 Å². The predicted octanol–water partition coefficient (Wildman–Crippen LogP) is 0.0418. The molecule has 0 saturated carbocycles. The van der Waals surface area contributed by atoms with Crippen molar-refractivity contribution < 1.29 is 14.5 Å². The lowest BCUT2D eigenvalue weighted by Crippen LogP contribution is -2.42. The summed E-state index contributed by atoms with van der Waals surface area (Å²) in [5, 5.41) is 10.6. The van der Waals surface area contributed by atoms with Crippen LogP contribution >= 0.6 is 0 Å². The Morgan fingerprint density at radius 1 is 1.14 bits per heavy atom. The van der Waals surface area contributed by atoms with Crippen LogP contribution in [0.1, 0.15) is 20.8 Å². The molecule has 10 heteroatoms. The summed E-state index contributed by atoms with van der Waals surface area (Å²) in [5.74, 6) is -1.58. The average Bonchev–Trinajstić information content (AvgIpc) is 2.52. The van der Waals surface area contributed by atoms with Gasteiger partial charge in [-0.15, -0.1) is 0 Å². The molecule has 1 aromatic heterocycles. The highest BCUT2D eigenvalue weighted by molar-refractivity contribution is 6.00. The first-order valence-electron chi connectivity index (χ1n) is 5.90. The van der Waals surface area contributed by atoms with Crippen molar-refractivity contribution in [3.05, 3.63) is 58.0 Å². The monoisotopic (exact) mass is 302 g/mol. The molecule has 2 rings (SSSR count). The van der Waals surface area contributed by atoms with E-state index in [1.165, 1.54) is 30.6 Å². The number of anilines is 1. The Labute approximate surface area is 123 Å². The number of nitrogens with two attached hydrogens (primary N) is 1. The Balaban J connectivity index is 2.04. The maximum atomic E-state index is 11.8. The number of hydrogen-bond donors (Lipinski definition) is 3. The van der Waals surface area contributed by atoms with E-state index < -0.39 is 16.7 Å². The number of non-ortho nitro benzene ring substituents is 1. The van der Waals surface area contributed by atoms with Gasteiger partial charge in [-0.3, -0.25) is 30.6 Å². The zero-order valence-electron chi connectivity index (χ0n) is 11.0. The van der Waals surface area contributed by atoms with Crippen molar-refractivity contribution in [2.45, 2.75) is 0 Å². The van der Waals surface area contributed by atoms with E-state index in [1.54, 1.807) is 0 Å². The van der Waals surface area contributed by atoms with Gasteiger partial charge >= 0.3 is 0 Å². The smallest absolute Gasteiger partial charge is 0.292 e. The summed E-state index contributed by atoms with van der Waals surface area (Å²) < 4.78 is 0. The second-order valence-corrected chi connectivity index (χ2v) is 4.01. The van der Waals surface area contributed by atoms with Crippen molar-refractivity contribution in [3.8, 4) is 0 Å². The van der Waals surface area contributed by atoms with Crippen LogP contribution in [0.2, 0.25) is 0 Å². The Morgan fingerprint density at radius 3 is 2.50 bits per heavy atom. The van der Waals surface area contributed by atoms with Crippen LogP contribution in [0.5, 0.6) is 0 Å². The fraction of sp³-hybridized carbons (Fsp3) is 0. The van der Waals surface area contributed by atoms with Crippen molar-refractivity contribution in [1.82, 2.24) is 20.8 Å². The summed E-state index contributed by atoms with van der Waals surface area (Å²) in [6.45, 7) is 0. The van der Waals surface area contributed by atoms with Gasteiger partial charge in [-0.05, 0) is 6.07 Å². The fourth-order valence-electron chi connectivity index (χ4n) is 1.53. The van der Waals surface area contributed by atoms with E-state index in [2.05, 4.69) is 20.8 Å². The highest BCUT2D eigenvalue weighted by Gasteiger charge is 2.15. The summed E-state index contributed by atoms with van der Waals surface area (Å²) in [6, 6.07) is 5.05. The van der Waals surface area contributed by atoms with Crippen LogP contribution in [0.15, 0.2) is 36.7 Å². The number of rotatable bonds is 3. The van der Waals surface area contributed by atoms with Crippen molar-refractivity contribution in [2.75, 3.05) is 5.73 Å². The van der Waals surface area contributed by atoms with Gasteiger partial charge in [0.25, 0.3) is 17.5 Å². The molecule has 0 fully saturated rings. The quantitative estimate of drug-likeness (QED) is 0.534. The molecule has 0 atom stereocenters. The number of aromatic nitrogens is 2. The standard InChI is InChI=1S/C12H10N6O4/c13-10-9(14-4-5-15-10)12(20)17-16-11(19)7-2-1-3-8(6-7)18(21)22/h1-6H,(H2,13,15)(H,16,19)(H,17,20). The van der Waals surface area contributed by atoms with Crippen LogP contribution in [0.3, 0.4) is 0 Å². The summed E-state index contributed by atoms with van der Waals surface area (Å²) in [7, 11) is 0. The zero-order valence-corrected chi connectivity index (χ0v) is 11.0. The van der Waals surface area contributed by atoms with E-state index in [4.69, 9.17) is 5.73 Å². The van der Waals surface area contributed by atoms with Gasteiger partial charge in [0.1, 0.15) is 0 Å². The molecule has 0 aliphatic rings. The van der Waals surface area contributed by atoms with Crippen LogP contribution < -0.4 is 16.6 Å². The maximum Gasteiger partial charge on any atom is 0.292 e. The van der Waals surface area contributed by atoms with Gasteiger partial charge < -0.3 is 5.73 Å². The number of carbonyl (C=O) groups excluding carboxylic acids is 2. The lowest BCUT2D eigenvalue weighted by atomic mass is 10.2. The molecule has 0 aliphatic carbocycles. The highest BCUT2D eigenvalue weighted by Crippen LogP contribution is 2.12. The second kappa shape index (κ2) is 6.26. The predicted molar refractivity (Wildman–Crippen MR) is 74.5 cm³/mol. The molecule has 2 amide bonds. The molecule has 1 aromatic carbocycles. The minimum Gasteiger partial charge on any atom is -0.382 e. The molecule has 0 bridgehead atoms. The van der Waals surface area contributed by atoms with Crippen LogP contribution in [-0.2, 0) is 0 Å². The second-order valence-electron chi connectivity index (χ2n) is 4.01. The Morgan fingerprint density at radius 2 is 1.82 bits per heavy atom. The number of nitro groups is 1. The molecule has 22 heavy (non-hydrogen) atoms. The van der Waals surface area contributed by atoms with Crippen molar-refractivity contribution in [2.24, 2.45) is 0 Å². The molecule has 0 aliphatic heterocycles. The summed E-state index contributed by atoms with van der Waals surface area (Å²) in [4.78, 5) is 41.0. The lowest BCUT2D eigenvalue weighted by molar-refractivity contribution is -0.384. The number of nitrogen functional groups attached to an aromatic ring is 1. The van der Waals surface area contributed by atoms with Crippen LogP contribution in [0, 0.1) is 10.1 Å². The number of nitrogens with one attached hydrogen (secondary N) is 2. The fourth-order valence-corrected chi connectivity index (χ4v) is 1.53. The van der Waals surface area contributed by atoms with E-state index >= 15 is 0 Å². The van der Waals surface area contributed by atoms with Crippen molar-refractivity contribution in [3.63, 3.8) is 0 Å². The number of nitro benzene ring substituents is 1. The molecule has 112 valence electrons. The number of hydrogen-bond acceptors (Lipinski definition) is 7.